The average molecular weight is 406 g/mol. The lowest BCUT2D eigenvalue weighted by atomic mass is 10.1. The van der Waals surface area contributed by atoms with Crippen LogP contribution in [0.2, 0.25) is 0 Å². The van der Waals surface area contributed by atoms with Crippen LogP contribution >= 0.6 is 15.6 Å². The Morgan fingerprint density at radius 2 is 1.69 bits per heavy atom. The van der Waals surface area contributed by atoms with Crippen LogP contribution in [-0.4, -0.2) is 27.9 Å². The van der Waals surface area contributed by atoms with Crippen LogP contribution in [0.15, 0.2) is 53.6 Å². The Balaban J connectivity index is 2.31. The molecule has 0 aliphatic heterocycles. The van der Waals surface area contributed by atoms with Gasteiger partial charge in [0.25, 0.3) is 0 Å². The maximum atomic E-state index is 11.3. The summed E-state index contributed by atoms with van der Waals surface area (Å²) in [5.41, 5.74) is 1.97. The number of allylic oxidation sites excluding steroid dienone is 2. The molecule has 1 unspecified atom stereocenters. The Morgan fingerprint density at radius 1 is 1.04 bits per heavy atom. The molecule has 0 aliphatic rings. The third-order valence-corrected chi connectivity index (χ3v) is 5.27. The minimum atomic E-state index is -5.09. The summed E-state index contributed by atoms with van der Waals surface area (Å²) in [5.74, 6) is 0.805. The number of phosphoric ester groups is 1. The van der Waals surface area contributed by atoms with E-state index in [1.807, 2.05) is 50.3 Å². The lowest BCUT2D eigenvalue weighted by molar-refractivity contribution is 0.191. The summed E-state index contributed by atoms with van der Waals surface area (Å²) in [6.07, 6.45) is 5.04. The molecule has 1 atom stereocenters. The van der Waals surface area contributed by atoms with Gasteiger partial charge < -0.3 is 19.4 Å². The van der Waals surface area contributed by atoms with Gasteiger partial charge in [0.2, 0.25) is 0 Å². The summed E-state index contributed by atoms with van der Waals surface area (Å²) in [7, 11) is -9.87. The van der Waals surface area contributed by atoms with Crippen molar-refractivity contribution < 1.29 is 37.4 Å². The maximum Gasteiger partial charge on any atom is 0.481 e. The van der Waals surface area contributed by atoms with Gasteiger partial charge in [-0.1, -0.05) is 35.9 Å². The van der Waals surface area contributed by atoms with Gasteiger partial charge in [-0.25, -0.2) is 9.13 Å². The molecule has 8 nitrogen and oxygen atoms in total. The molecule has 0 fully saturated rings. The van der Waals surface area contributed by atoms with Crippen molar-refractivity contribution in [2.24, 2.45) is 0 Å². The van der Waals surface area contributed by atoms with Crippen LogP contribution in [0, 0.1) is 0 Å². The number of benzene rings is 1. The van der Waals surface area contributed by atoms with Crippen molar-refractivity contribution in [1.82, 2.24) is 0 Å². The number of phosphoric acid groups is 2. The number of rotatable bonds is 11. The fraction of sp³-hybridized carbons (Fsp3) is 0.375. The zero-order chi connectivity index (χ0) is 19.6. The van der Waals surface area contributed by atoms with E-state index in [1.54, 1.807) is 6.08 Å². The molecule has 10 heteroatoms. The normalized spacial score (nSPS) is 15.6. The molecule has 0 saturated heterocycles. The van der Waals surface area contributed by atoms with Crippen LogP contribution in [0.1, 0.15) is 26.7 Å². The van der Waals surface area contributed by atoms with E-state index < -0.39 is 15.6 Å². The monoisotopic (exact) mass is 406 g/mol. The summed E-state index contributed by atoms with van der Waals surface area (Å²) >= 11 is 0. The number of hydrogen-bond donors (Lipinski definition) is 3. The standard InChI is InChI=1S/C16H24O8P2/c1-14(11-12-23-26(20,21)24-25(17,18)19)7-6-8-15(2)13-22-16-9-4-3-5-10-16/h3-5,8-11H,6-7,12-13H2,1-2H3,(H,20,21)(H2,17,18,19)/b14-11+,15-8+. The smallest absolute Gasteiger partial charge is 0.481 e. The van der Waals surface area contributed by atoms with Gasteiger partial charge in [-0.2, -0.15) is 4.31 Å². The van der Waals surface area contributed by atoms with Crippen LogP contribution in [0.3, 0.4) is 0 Å². The fourth-order valence-corrected chi connectivity index (χ4v) is 3.38. The highest BCUT2D eigenvalue weighted by Gasteiger charge is 2.31. The van der Waals surface area contributed by atoms with Crippen LogP contribution in [0.4, 0.5) is 0 Å². The SMILES string of the molecule is C/C(=C\COP(=O)(O)OP(=O)(O)O)CC/C=C(\C)COc1ccccc1. The van der Waals surface area contributed by atoms with Crippen molar-refractivity contribution in [3.05, 3.63) is 53.6 Å². The van der Waals surface area contributed by atoms with Gasteiger partial charge in [0.05, 0.1) is 6.61 Å². The van der Waals surface area contributed by atoms with Crippen LogP contribution in [0.25, 0.3) is 0 Å². The van der Waals surface area contributed by atoms with Crippen LogP contribution < -0.4 is 4.74 Å². The van der Waals surface area contributed by atoms with Crippen molar-refractivity contribution in [2.75, 3.05) is 13.2 Å². The van der Waals surface area contributed by atoms with Gasteiger partial charge >= 0.3 is 15.6 Å². The molecule has 0 radical (unpaired) electrons. The van der Waals surface area contributed by atoms with E-state index in [9.17, 15) is 9.13 Å². The summed E-state index contributed by atoms with van der Waals surface area (Å²) in [5, 5.41) is 0. The Kier molecular flexibility index (Phi) is 9.47. The predicted molar refractivity (Wildman–Crippen MR) is 97.6 cm³/mol. The van der Waals surface area contributed by atoms with Gasteiger partial charge in [0.15, 0.2) is 0 Å². The lowest BCUT2D eigenvalue weighted by Gasteiger charge is -2.11. The highest BCUT2D eigenvalue weighted by atomic mass is 31.3. The van der Waals surface area contributed by atoms with E-state index in [4.69, 9.17) is 19.4 Å². The molecule has 146 valence electrons. The number of para-hydroxylation sites is 1. The molecule has 3 N–H and O–H groups in total. The van der Waals surface area contributed by atoms with Crippen molar-refractivity contribution in [3.63, 3.8) is 0 Å². The summed E-state index contributed by atoms with van der Waals surface area (Å²) < 4.78 is 35.6. The van der Waals surface area contributed by atoms with Gasteiger partial charge in [0.1, 0.15) is 12.4 Å². The quantitative estimate of drug-likeness (QED) is 0.373. The highest BCUT2D eigenvalue weighted by molar-refractivity contribution is 7.60. The largest absolute Gasteiger partial charge is 0.489 e. The van der Waals surface area contributed by atoms with Gasteiger partial charge in [0, 0.05) is 0 Å². The molecule has 0 aromatic heterocycles. The molecule has 0 bridgehead atoms. The molecule has 1 rings (SSSR count). The van der Waals surface area contributed by atoms with Crippen molar-refractivity contribution >= 4 is 15.6 Å². The second-order valence-electron chi connectivity index (χ2n) is 5.58. The molecule has 26 heavy (non-hydrogen) atoms. The third kappa shape index (κ3) is 11.4. The topological polar surface area (TPSA) is 123 Å². The molecule has 0 heterocycles. The molecule has 0 spiro atoms. The van der Waals surface area contributed by atoms with E-state index >= 15 is 0 Å². The first-order valence-electron chi connectivity index (χ1n) is 7.81. The van der Waals surface area contributed by atoms with Gasteiger partial charge in [-0.3, -0.25) is 4.52 Å². The minimum Gasteiger partial charge on any atom is -0.489 e. The van der Waals surface area contributed by atoms with E-state index in [0.717, 1.165) is 23.3 Å². The van der Waals surface area contributed by atoms with E-state index in [-0.39, 0.29) is 6.61 Å². The first-order chi connectivity index (χ1) is 12.1. The Hall–Kier alpha value is -1.24. The molecule has 1 aromatic carbocycles. The first kappa shape index (κ1) is 22.8. The Bertz CT molecular complexity index is 708. The van der Waals surface area contributed by atoms with E-state index in [2.05, 4.69) is 8.83 Å². The number of ether oxygens (including phenoxy) is 1. The third-order valence-electron chi connectivity index (χ3n) is 3.12. The maximum absolute atomic E-state index is 11.3. The molecular formula is C16H24O8P2. The lowest BCUT2D eigenvalue weighted by Crippen LogP contribution is -1.98. The zero-order valence-corrected chi connectivity index (χ0v) is 16.4. The fourth-order valence-electron chi connectivity index (χ4n) is 1.85. The molecule has 0 saturated carbocycles. The zero-order valence-electron chi connectivity index (χ0n) is 14.6. The van der Waals surface area contributed by atoms with Gasteiger partial charge in [-0.15, -0.1) is 0 Å². The highest BCUT2D eigenvalue weighted by Crippen LogP contribution is 2.57. The summed E-state index contributed by atoms with van der Waals surface area (Å²) in [4.78, 5) is 26.1. The second-order valence-corrected chi connectivity index (χ2v) is 8.41. The van der Waals surface area contributed by atoms with Crippen LogP contribution in [-0.2, 0) is 18.0 Å². The van der Waals surface area contributed by atoms with Crippen LogP contribution in [0.5, 0.6) is 5.75 Å². The second kappa shape index (κ2) is 10.8. The molecule has 1 aromatic rings. The summed E-state index contributed by atoms with van der Waals surface area (Å²) in [6.45, 7) is 3.98. The van der Waals surface area contributed by atoms with Gasteiger partial charge in [-0.05, 0) is 44.4 Å². The average Bonchev–Trinajstić information content (AvgIpc) is 2.51. The van der Waals surface area contributed by atoms with E-state index in [1.165, 1.54) is 0 Å². The van der Waals surface area contributed by atoms with Crippen molar-refractivity contribution in [3.8, 4) is 5.75 Å². The predicted octanol–water partition coefficient (Wildman–Crippen LogP) is 3.96. The number of hydrogen-bond acceptors (Lipinski definition) is 5. The molecular weight excluding hydrogens is 382 g/mol. The van der Waals surface area contributed by atoms with Crippen molar-refractivity contribution in [2.45, 2.75) is 26.7 Å². The Labute approximate surface area is 153 Å². The van der Waals surface area contributed by atoms with Crippen molar-refractivity contribution in [1.29, 1.82) is 0 Å². The van der Waals surface area contributed by atoms with E-state index in [0.29, 0.717) is 13.0 Å². The minimum absolute atomic E-state index is 0.292. The Morgan fingerprint density at radius 3 is 2.31 bits per heavy atom. The summed E-state index contributed by atoms with van der Waals surface area (Å²) in [6, 6.07) is 9.50. The molecule has 0 amide bonds. The molecule has 0 aliphatic carbocycles. The first-order valence-corrected chi connectivity index (χ1v) is 10.8.